The van der Waals surface area contributed by atoms with Crippen molar-refractivity contribution in [2.75, 3.05) is 0 Å². The molecule has 0 aliphatic carbocycles. The third kappa shape index (κ3) is 3.26. The Bertz CT molecular complexity index is 1440. The van der Waals surface area contributed by atoms with Crippen molar-refractivity contribution in [1.82, 2.24) is 14.5 Å². The van der Waals surface area contributed by atoms with Crippen molar-refractivity contribution in [2.45, 2.75) is 0 Å². The van der Waals surface area contributed by atoms with Crippen molar-refractivity contribution in [1.29, 1.82) is 0 Å². The number of carbonyl (C=O) groups is 1. The van der Waals surface area contributed by atoms with E-state index >= 15 is 0 Å². The lowest BCUT2D eigenvalue weighted by atomic mass is 9.90. The molecule has 0 aliphatic rings. The molecule has 0 radical (unpaired) electrons. The normalized spacial score (nSPS) is 11.1. The maximum Gasteiger partial charge on any atom is 0.166 e. The van der Waals surface area contributed by atoms with Crippen molar-refractivity contribution in [3.05, 3.63) is 96.5 Å². The lowest BCUT2D eigenvalue weighted by Crippen LogP contribution is -2.00. The van der Waals surface area contributed by atoms with E-state index in [9.17, 15) is 13.6 Å². The van der Waals surface area contributed by atoms with Gasteiger partial charge in [0.2, 0.25) is 0 Å². The van der Waals surface area contributed by atoms with Gasteiger partial charge in [-0.05, 0) is 65.7 Å². The summed E-state index contributed by atoms with van der Waals surface area (Å²) >= 11 is 0. The molecule has 3 heterocycles. The Hall–Kier alpha value is -4.19. The highest BCUT2D eigenvalue weighted by Crippen LogP contribution is 2.43. The number of carbonyl (C=O) groups excluding carboxylic acids is 1. The average molecular weight is 425 g/mol. The molecule has 0 N–H and O–H groups in total. The van der Waals surface area contributed by atoms with Crippen LogP contribution in [0.5, 0.6) is 0 Å². The van der Waals surface area contributed by atoms with Crippen LogP contribution in [0.15, 0.2) is 79.1 Å². The van der Waals surface area contributed by atoms with Crippen LogP contribution in [0.25, 0.3) is 44.5 Å². The third-order valence-corrected chi connectivity index (χ3v) is 5.55. The second kappa shape index (κ2) is 7.81. The summed E-state index contributed by atoms with van der Waals surface area (Å²) in [5, 5.41) is 0. The minimum Gasteiger partial charge on any atom is -0.340 e. The molecule has 5 aromatic rings. The molecule has 6 heteroatoms. The van der Waals surface area contributed by atoms with Crippen molar-refractivity contribution in [2.24, 2.45) is 7.05 Å². The van der Waals surface area contributed by atoms with Gasteiger partial charge in [0.1, 0.15) is 11.6 Å². The molecule has 0 fully saturated rings. The largest absolute Gasteiger partial charge is 0.340 e. The Morgan fingerprint density at radius 1 is 0.781 bits per heavy atom. The molecule has 0 atom stereocenters. The van der Waals surface area contributed by atoms with Crippen LogP contribution in [0.4, 0.5) is 8.78 Å². The standard InChI is InChI=1S/C26H17F2N3O/c1-31-21(15-32)14-22-26(31)24(16-2-6-19(27)7-3-16)23(17-10-12-29-13-11-17)25(30-22)18-4-8-20(28)9-5-18/h2-15H,1H3. The highest BCUT2D eigenvalue weighted by Gasteiger charge is 2.22. The van der Waals surface area contributed by atoms with Gasteiger partial charge in [-0.1, -0.05) is 12.1 Å². The maximum atomic E-state index is 13.8. The van der Waals surface area contributed by atoms with Gasteiger partial charge in [0.05, 0.1) is 22.4 Å². The summed E-state index contributed by atoms with van der Waals surface area (Å²) in [7, 11) is 1.80. The molecule has 3 aromatic heterocycles. The summed E-state index contributed by atoms with van der Waals surface area (Å²) in [6.45, 7) is 0. The number of pyridine rings is 2. The number of aldehydes is 1. The summed E-state index contributed by atoms with van der Waals surface area (Å²) < 4.78 is 29.2. The summed E-state index contributed by atoms with van der Waals surface area (Å²) in [5.74, 6) is -0.689. The fraction of sp³-hybridized carbons (Fsp3) is 0.0385. The van der Waals surface area contributed by atoms with E-state index in [1.54, 1.807) is 54.3 Å². The van der Waals surface area contributed by atoms with Crippen LogP contribution >= 0.6 is 0 Å². The van der Waals surface area contributed by atoms with E-state index < -0.39 is 0 Å². The van der Waals surface area contributed by atoms with Crippen LogP contribution in [-0.2, 0) is 7.05 Å². The minimum absolute atomic E-state index is 0.344. The van der Waals surface area contributed by atoms with E-state index in [1.807, 2.05) is 12.1 Å². The first kappa shape index (κ1) is 19.8. The van der Waals surface area contributed by atoms with Gasteiger partial charge in [-0.25, -0.2) is 13.8 Å². The monoisotopic (exact) mass is 425 g/mol. The van der Waals surface area contributed by atoms with Crippen molar-refractivity contribution < 1.29 is 13.6 Å². The van der Waals surface area contributed by atoms with Crippen LogP contribution in [0.1, 0.15) is 10.5 Å². The van der Waals surface area contributed by atoms with Gasteiger partial charge in [-0.3, -0.25) is 9.78 Å². The quantitative estimate of drug-likeness (QED) is 0.329. The van der Waals surface area contributed by atoms with E-state index in [2.05, 4.69) is 4.98 Å². The zero-order valence-electron chi connectivity index (χ0n) is 17.1. The summed E-state index contributed by atoms with van der Waals surface area (Å²) in [6, 6.07) is 17.8. The van der Waals surface area contributed by atoms with Gasteiger partial charge < -0.3 is 4.57 Å². The predicted molar refractivity (Wildman–Crippen MR) is 120 cm³/mol. The summed E-state index contributed by atoms with van der Waals surface area (Å²) in [5.41, 5.74) is 6.39. The van der Waals surface area contributed by atoms with Crippen molar-refractivity contribution in [3.63, 3.8) is 0 Å². The van der Waals surface area contributed by atoms with E-state index in [1.165, 1.54) is 24.3 Å². The lowest BCUT2D eigenvalue weighted by molar-refractivity contribution is 0.111. The zero-order valence-corrected chi connectivity index (χ0v) is 17.1. The molecular weight excluding hydrogens is 408 g/mol. The van der Waals surface area contributed by atoms with Gasteiger partial charge >= 0.3 is 0 Å². The van der Waals surface area contributed by atoms with Crippen molar-refractivity contribution in [3.8, 4) is 33.5 Å². The Morgan fingerprint density at radius 2 is 1.34 bits per heavy atom. The molecule has 0 bridgehead atoms. The first-order valence-electron chi connectivity index (χ1n) is 9.97. The van der Waals surface area contributed by atoms with E-state index in [0.717, 1.165) is 39.6 Å². The van der Waals surface area contributed by atoms with E-state index in [0.29, 0.717) is 16.9 Å². The number of aromatic nitrogens is 3. The van der Waals surface area contributed by atoms with Crippen LogP contribution in [-0.4, -0.2) is 20.8 Å². The van der Waals surface area contributed by atoms with Gasteiger partial charge in [-0.2, -0.15) is 0 Å². The maximum absolute atomic E-state index is 13.8. The molecule has 5 rings (SSSR count). The van der Waals surface area contributed by atoms with Gasteiger partial charge in [0.15, 0.2) is 6.29 Å². The second-order valence-electron chi connectivity index (χ2n) is 7.44. The molecule has 32 heavy (non-hydrogen) atoms. The van der Waals surface area contributed by atoms with E-state index in [-0.39, 0.29) is 11.6 Å². The topological polar surface area (TPSA) is 47.8 Å². The lowest BCUT2D eigenvalue weighted by Gasteiger charge is -2.18. The van der Waals surface area contributed by atoms with Gasteiger partial charge in [0.25, 0.3) is 0 Å². The molecule has 0 amide bonds. The number of fused-ring (bicyclic) bond motifs is 1. The van der Waals surface area contributed by atoms with Crippen LogP contribution in [0, 0.1) is 11.6 Å². The summed E-state index contributed by atoms with van der Waals surface area (Å²) in [6.07, 6.45) is 4.15. The zero-order chi connectivity index (χ0) is 22.2. The number of benzene rings is 2. The molecule has 0 spiro atoms. The Kier molecular flexibility index (Phi) is 4.82. The van der Waals surface area contributed by atoms with Crippen LogP contribution < -0.4 is 0 Å². The number of nitrogens with zero attached hydrogens (tertiary/aromatic N) is 3. The Morgan fingerprint density at radius 3 is 1.94 bits per heavy atom. The highest BCUT2D eigenvalue weighted by molar-refractivity contribution is 6.07. The Balaban J connectivity index is 1.98. The molecular formula is C26H17F2N3O. The number of halogens is 2. The molecule has 0 saturated heterocycles. The predicted octanol–water partition coefficient (Wildman–Crippen LogP) is 6.06. The average Bonchev–Trinajstić information content (AvgIpc) is 3.15. The number of aryl methyl sites for hydroxylation is 1. The molecule has 0 unspecified atom stereocenters. The van der Waals surface area contributed by atoms with Crippen molar-refractivity contribution >= 4 is 17.3 Å². The summed E-state index contributed by atoms with van der Waals surface area (Å²) in [4.78, 5) is 20.7. The SMILES string of the molecule is Cn1c(C=O)cc2nc(-c3ccc(F)cc3)c(-c3ccncc3)c(-c3ccc(F)cc3)c21. The van der Waals surface area contributed by atoms with E-state index in [4.69, 9.17) is 4.98 Å². The molecule has 156 valence electrons. The first-order valence-corrected chi connectivity index (χ1v) is 9.97. The first-order chi connectivity index (χ1) is 15.6. The van der Waals surface area contributed by atoms with Crippen LogP contribution in [0.2, 0.25) is 0 Å². The smallest absolute Gasteiger partial charge is 0.166 e. The highest BCUT2D eigenvalue weighted by atomic mass is 19.1. The van der Waals surface area contributed by atoms with Gasteiger partial charge in [-0.15, -0.1) is 0 Å². The molecule has 4 nitrogen and oxygen atoms in total. The van der Waals surface area contributed by atoms with Gasteiger partial charge in [0, 0.05) is 36.1 Å². The van der Waals surface area contributed by atoms with Crippen LogP contribution in [0.3, 0.4) is 0 Å². The third-order valence-electron chi connectivity index (χ3n) is 5.55. The number of rotatable bonds is 4. The second-order valence-corrected chi connectivity index (χ2v) is 7.44. The molecule has 0 saturated carbocycles. The Labute approximate surface area is 182 Å². The number of hydrogen-bond donors (Lipinski definition) is 0. The number of hydrogen-bond acceptors (Lipinski definition) is 3. The fourth-order valence-electron chi connectivity index (χ4n) is 4.03. The minimum atomic E-state index is -0.345. The fourth-order valence-corrected chi connectivity index (χ4v) is 4.03. The molecule has 2 aromatic carbocycles. The molecule has 0 aliphatic heterocycles.